The number of alkyl halides is 1. The highest BCUT2D eigenvalue weighted by molar-refractivity contribution is 5.97. The Balaban J connectivity index is 1.37. The first-order valence-electron chi connectivity index (χ1n) is 11.4. The van der Waals surface area contributed by atoms with E-state index in [1.54, 1.807) is 6.20 Å². The van der Waals surface area contributed by atoms with E-state index in [-0.39, 0.29) is 12.6 Å². The summed E-state index contributed by atoms with van der Waals surface area (Å²) in [6.07, 6.45) is 2.61. The number of rotatable bonds is 5. The lowest BCUT2D eigenvalue weighted by molar-refractivity contribution is 0.0946. The highest BCUT2D eigenvalue weighted by Crippen LogP contribution is 2.32. The second-order valence-corrected chi connectivity index (χ2v) is 8.60. The maximum atomic E-state index is 12.6. The van der Waals surface area contributed by atoms with Crippen molar-refractivity contribution in [3.8, 4) is 22.3 Å². The molecule has 2 aliphatic rings. The van der Waals surface area contributed by atoms with Crippen LogP contribution < -0.4 is 16.0 Å². The summed E-state index contributed by atoms with van der Waals surface area (Å²) in [6.45, 7) is 4.48. The molecule has 0 radical (unpaired) electrons. The van der Waals surface area contributed by atoms with Crippen molar-refractivity contribution in [2.24, 2.45) is 0 Å². The summed E-state index contributed by atoms with van der Waals surface area (Å²) >= 11 is 0. The number of anilines is 2. The number of carbonyl (C=O) groups is 1. The summed E-state index contributed by atoms with van der Waals surface area (Å²) in [5, 5.41) is 2.88. The average Bonchev–Trinajstić information content (AvgIpc) is 2.85. The minimum atomic E-state index is -0.285. The summed E-state index contributed by atoms with van der Waals surface area (Å²) in [4.78, 5) is 21.0. The summed E-state index contributed by atoms with van der Waals surface area (Å²) in [5.41, 5.74) is 13.1. The van der Waals surface area contributed by atoms with Crippen molar-refractivity contribution < 1.29 is 9.18 Å². The third kappa shape index (κ3) is 4.41. The summed E-state index contributed by atoms with van der Waals surface area (Å²) in [6, 6.07) is 16.4. The molecule has 0 atom stereocenters. The lowest BCUT2D eigenvalue weighted by Gasteiger charge is -2.35. The van der Waals surface area contributed by atoms with Gasteiger partial charge in [0, 0.05) is 67.8 Å². The summed E-state index contributed by atoms with van der Waals surface area (Å²) in [5.74, 6) is 0.452. The first-order chi connectivity index (χ1) is 16.1. The maximum Gasteiger partial charge on any atom is 0.251 e. The Labute approximate surface area is 193 Å². The monoisotopic (exact) mass is 445 g/mol. The number of nitrogens with two attached hydrogens (primary N) is 1. The Morgan fingerprint density at radius 3 is 2.45 bits per heavy atom. The van der Waals surface area contributed by atoms with Gasteiger partial charge in [0.25, 0.3) is 5.91 Å². The van der Waals surface area contributed by atoms with Crippen LogP contribution in [0.15, 0.2) is 54.7 Å². The second-order valence-electron chi connectivity index (χ2n) is 8.60. The number of aromatic nitrogens is 1. The molecule has 3 aromatic rings. The van der Waals surface area contributed by atoms with Crippen molar-refractivity contribution in [1.82, 2.24) is 15.2 Å². The van der Waals surface area contributed by atoms with Crippen LogP contribution in [0.25, 0.3) is 22.3 Å². The van der Waals surface area contributed by atoms with Gasteiger partial charge in [0.1, 0.15) is 12.5 Å². The van der Waals surface area contributed by atoms with Crippen LogP contribution in [-0.2, 0) is 6.42 Å². The molecule has 6 nitrogen and oxygen atoms in total. The van der Waals surface area contributed by atoms with E-state index in [9.17, 15) is 9.18 Å². The molecule has 1 saturated heterocycles. The fourth-order valence-electron chi connectivity index (χ4n) is 4.67. The molecule has 3 heterocycles. The number of fused-ring (bicyclic) bond motifs is 1. The normalized spacial score (nSPS) is 16.4. The van der Waals surface area contributed by atoms with Gasteiger partial charge in [-0.25, -0.2) is 9.37 Å². The summed E-state index contributed by atoms with van der Waals surface area (Å²) < 4.78 is 12.6. The first-order valence-corrected chi connectivity index (χ1v) is 11.4. The minimum Gasteiger partial charge on any atom is -0.383 e. The van der Waals surface area contributed by atoms with Gasteiger partial charge < -0.3 is 16.0 Å². The Morgan fingerprint density at radius 1 is 0.939 bits per heavy atom. The molecular formula is C26H28FN5O. The van der Waals surface area contributed by atoms with Crippen molar-refractivity contribution in [3.63, 3.8) is 0 Å². The fourth-order valence-corrected chi connectivity index (χ4v) is 4.67. The van der Waals surface area contributed by atoms with Crippen LogP contribution in [0.1, 0.15) is 15.9 Å². The number of hydrogen-bond acceptors (Lipinski definition) is 5. The third-order valence-corrected chi connectivity index (χ3v) is 6.60. The van der Waals surface area contributed by atoms with E-state index in [0.717, 1.165) is 66.0 Å². The molecule has 2 aliphatic heterocycles. The van der Waals surface area contributed by atoms with Gasteiger partial charge in [0.05, 0.1) is 0 Å². The zero-order valence-electron chi connectivity index (χ0n) is 18.6. The zero-order valence-corrected chi connectivity index (χ0v) is 18.6. The van der Waals surface area contributed by atoms with Crippen LogP contribution in [0.2, 0.25) is 0 Å². The van der Waals surface area contributed by atoms with E-state index in [0.29, 0.717) is 18.9 Å². The topological polar surface area (TPSA) is 74.5 Å². The molecule has 1 amide bonds. The molecule has 3 N–H and O–H groups in total. The Morgan fingerprint density at radius 2 is 1.70 bits per heavy atom. The molecule has 1 fully saturated rings. The van der Waals surface area contributed by atoms with Crippen molar-refractivity contribution in [3.05, 3.63) is 65.9 Å². The Kier molecular flexibility index (Phi) is 5.96. The molecule has 0 unspecified atom stereocenters. The van der Waals surface area contributed by atoms with Crippen molar-refractivity contribution in [2.45, 2.75) is 6.42 Å². The second kappa shape index (κ2) is 9.19. The molecule has 5 rings (SSSR count). The third-order valence-electron chi connectivity index (χ3n) is 6.60. The van der Waals surface area contributed by atoms with Gasteiger partial charge in [0.15, 0.2) is 0 Å². The van der Waals surface area contributed by atoms with Crippen LogP contribution in [0, 0.1) is 0 Å². The van der Waals surface area contributed by atoms with E-state index in [4.69, 9.17) is 5.73 Å². The molecular weight excluding hydrogens is 417 g/mol. The molecule has 0 saturated carbocycles. The molecule has 7 heteroatoms. The number of carbonyl (C=O) groups excluding carboxylic acids is 1. The Bertz CT molecular complexity index is 1160. The molecule has 0 bridgehead atoms. The van der Waals surface area contributed by atoms with E-state index >= 15 is 0 Å². The number of nitrogen functional groups attached to an aromatic ring is 1. The maximum absolute atomic E-state index is 12.6. The predicted molar refractivity (Wildman–Crippen MR) is 130 cm³/mol. The predicted octanol–water partition coefficient (Wildman–Crippen LogP) is 3.38. The summed E-state index contributed by atoms with van der Waals surface area (Å²) in [7, 11) is 0. The van der Waals surface area contributed by atoms with Gasteiger partial charge >= 0.3 is 0 Å². The van der Waals surface area contributed by atoms with Gasteiger partial charge in [-0.3, -0.25) is 9.69 Å². The van der Waals surface area contributed by atoms with Gasteiger partial charge in [-0.1, -0.05) is 24.3 Å². The van der Waals surface area contributed by atoms with Gasteiger partial charge in [0.2, 0.25) is 0 Å². The van der Waals surface area contributed by atoms with Crippen LogP contribution in [0.5, 0.6) is 0 Å². The van der Waals surface area contributed by atoms with Crippen molar-refractivity contribution >= 4 is 17.4 Å². The van der Waals surface area contributed by atoms with Crippen molar-refractivity contribution in [2.75, 3.05) is 56.6 Å². The number of pyridine rings is 1. The van der Waals surface area contributed by atoms with E-state index in [2.05, 4.69) is 56.5 Å². The number of nitrogens with zero attached hydrogens (tertiary/aromatic N) is 3. The van der Waals surface area contributed by atoms with Gasteiger partial charge in [-0.05, 0) is 47.4 Å². The van der Waals surface area contributed by atoms with E-state index in [1.807, 2.05) is 12.1 Å². The molecule has 33 heavy (non-hydrogen) atoms. The number of nitrogens with one attached hydrogen (secondary N) is 1. The number of halogens is 1. The Hall–Kier alpha value is -3.45. The van der Waals surface area contributed by atoms with E-state index < -0.39 is 0 Å². The largest absolute Gasteiger partial charge is 0.383 e. The highest BCUT2D eigenvalue weighted by atomic mass is 19.1. The number of benzene rings is 2. The smallest absolute Gasteiger partial charge is 0.251 e. The van der Waals surface area contributed by atoms with Crippen LogP contribution in [0.3, 0.4) is 0 Å². The molecule has 0 aliphatic carbocycles. The average molecular weight is 446 g/mol. The number of piperazine rings is 1. The van der Waals surface area contributed by atoms with Crippen LogP contribution >= 0.6 is 0 Å². The van der Waals surface area contributed by atoms with Crippen LogP contribution in [-0.4, -0.2) is 61.7 Å². The van der Waals surface area contributed by atoms with Crippen LogP contribution in [0.4, 0.5) is 15.9 Å². The molecule has 2 aromatic carbocycles. The number of hydrogen-bond donors (Lipinski definition) is 2. The SMILES string of the molecule is Nc1ncc(-c2ccc(N3CCN(CCF)CC3)cc2)cc1-c1ccc2c(c1)CCNC2=O. The quantitative estimate of drug-likeness (QED) is 0.630. The zero-order chi connectivity index (χ0) is 22.8. The highest BCUT2D eigenvalue weighted by Gasteiger charge is 2.19. The molecule has 170 valence electrons. The van der Waals surface area contributed by atoms with Gasteiger partial charge in [-0.15, -0.1) is 0 Å². The lowest BCUT2D eigenvalue weighted by atomic mass is 9.94. The molecule has 0 spiro atoms. The fraction of sp³-hybridized carbons (Fsp3) is 0.308. The van der Waals surface area contributed by atoms with Gasteiger partial charge in [-0.2, -0.15) is 0 Å². The molecule has 1 aromatic heterocycles. The minimum absolute atomic E-state index is 0.0217. The van der Waals surface area contributed by atoms with E-state index in [1.165, 1.54) is 5.69 Å². The first kappa shape index (κ1) is 21.4. The standard InChI is InChI=1S/C26H28FN5O/c27-8-10-31-11-13-32(14-12-31)22-4-1-18(2-5-22)21-16-24(25(28)30-17-21)19-3-6-23-20(15-19)7-9-29-26(23)33/h1-6,15-17H,7-14H2,(H2,28,30)(H,29,33). The van der Waals surface area contributed by atoms with Crippen molar-refractivity contribution in [1.29, 1.82) is 0 Å². The lowest BCUT2D eigenvalue weighted by Crippen LogP contribution is -2.47. The number of amides is 1.